The maximum absolute atomic E-state index is 12.9. The number of carboxylic acid groups (broad SMARTS) is 1. The van der Waals surface area contributed by atoms with Crippen LogP contribution in [0.5, 0.6) is 0 Å². The van der Waals surface area contributed by atoms with E-state index >= 15 is 0 Å². The van der Waals surface area contributed by atoms with E-state index in [1.807, 2.05) is 18.9 Å². The summed E-state index contributed by atoms with van der Waals surface area (Å²) in [5.41, 5.74) is 3.31. The van der Waals surface area contributed by atoms with Crippen molar-refractivity contribution >= 4 is 30.0 Å². The molecule has 1 aromatic rings. The van der Waals surface area contributed by atoms with E-state index in [0.717, 1.165) is 44.5 Å². The Morgan fingerprint density at radius 2 is 1.75 bits per heavy atom. The van der Waals surface area contributed by atoms with Crippen LogP contribution in [0, 0.1) is 0 Å². The van der Waals surface area contributed by atoms with Crippen molar-refractivity contribution in [2.24, 2.45) is 0 Å². The molecule has 1 aliphatic rings. The molecule has 0 aromatic heterocycles. The molecule has 1 unspecified atom stereocenters. The highest BCUT2D eigenvalue weighted by molar-refractivity contribution is 5.96. The van der Waals surface area contributed by atoms with Gasteiger partial charge in [-0.2, -0.15) is 0 Å². The van der Waals surface area contributed by atoms with Crippen LogP contribution in [0.1, 0.15) is 44.7 Å². The third-order valence-corrected chi connectivity index (χ3v) is 5.68. The standard InChI is InChI=1S/C21H33N3O3.ClH/c1-5-16-8-7-9-17(6-2)20(16)22-21(27)15(3)24-12-10-18(11-13-24)23(4)14-19(25)26;/h7-9,15,18H,5-6,10-14H2,1-4H3,(H,22,27)(H,25,26);1H. The van der Waals surface area contributed by atoms with Crippen LogP contribution in [0.3, 0.4) is 0 Å². The average Bonchev–Trinajstić information content (AvgIpc) is 2.67. The third-order valence-electron chi connectivity index (χ3n) is 5.68. The number of anilines is 1. The molecule has 0 saturated carbocycles. The molecule has 6 nitrogen and oxygen atoms in total. The first-order valence-electron chi connectivity index (χ1n) is 9.95. The number of piperidine rings is 1. The largest absolute Gasteiger partial charge is 0.480 e. The number of likely N-dealkylation sites (tertiary alicyclic amines) is 1. The summed E-state index contributed by atoms with van der Waals surface area (Å²) in [4.78, 5) is 27.8. The van der Waals surface area contributed by atoms with E-state index in [4.69, 9.17) is 5.11 Å². The van der Waals surface area contributed by atoms with Gasteiger partial charge in [-0.25, -0.2) is 0 Å². The molecule has 1 amide bonds. The average molecular weight is 412 g/mol. The fourth-order valence-corrected chi connectivity index (χ4v) is 3.85. The lowest BCUT2D eigenvalue weighted by Crippen LogP contribution is -2.50. The fraction of sp³-hybridized carbons (Fsp3) is 0.619. The lowest BCUT2D eigenvalue weighted by atomic mass is 10.0. The van der Waals surface area contributed by atoms with E-state index in [2.05, 4.69) is 42.3 Å². The molecule has 0 spiro atoms. The van der Waals surface area contributed by atoms with Gasteiger partial charge in [0.25, 0.3) is 0 Å². The second-order valence-electron chi connectivity index (χ2n) is 7.40. The number of carbonyl (C=O) groups is 2. The number of rotatable bonds is 8. The van der Waals surface area contributed by atoms with Crippen LogP contribution < -0.4 is 5.32 Å². The Morgan fingerprint density at radius 3 is 2.21 bits per heavy atom. The molecule has 1 atom stereocenters. The summed E-state index contributed by atoms with van der Waals surface area (Å²) in [5, 5.41) is 12.1. The van der Waals surface area contributed by atoms with Crippen LogP contribution in [-0.4, -0.2) is 65.5 Å². The first-order valence-corrected chi connectivity index (χ1v) is 9.95. The molecular weight excluding hydrogens is 378 g/mol. The molecule has 1 heterocycles. The van der Waals surface area contributed by atoms with Crippen molar-refractivity contribution in [2.75, 3.05) is 32.0 Å². The van der Waals surface area contributed by atoms with Crippen molar-refractivity contribution in [3.05, 3.63) is 29.3 Å². The predicted molar refractivity (Wildman–Crippen MR) is 115 cm³/mol. The Hall–Kier alpha value is -1.63. The van der Waals surface area contributed by atoms with Gasteiger partial charge in [-0.3, -0.25) is 19.4 Å². The van der Waals surface area contributed by atoms with Crippen molar-refractivity contribution in [1.29, 1.82) is 0 Å². The maximum Gasteiger partial charge on any atom is 0.317 e. The molecule has 158 valence electrons. The quantitative estimate of drug-likeness (QED) is 0.687. The molecule has 0 aliphatic carbocycles. The SMILES string of the molecule is CCc1cccc(CC)c1NC(=O)C(C)N1CCC(N(C)CC(=O)O)CC1.Cl. The number of carbonyl (C=O) groups excluding carboxylic acids is 1. The number of aliphatic carboxylic acids is 1. The molecule has 2 N–H and O–H groups in total. The molecular formula is C21H34ClN3O3. The van der Waals surface area contributed by atoms with Crippen LogP contribution in [-0.2, 0) is 22.4 Å². The van der Waals surface area contributed by atoms with E-state index < -0.39 is 5.97 Å². The Balaban J connectivity index is 0.00000392. The van der Waals surface area contributed by atoms with E-state index in [9.17, 15) is 9.59 Å². The molecule has 1 fully saturated rings. The van der Waals surface area contributed by atoms with Gasteiger partial charge in [-0.1, -0.05) is 32.0 Å². The van der Waals surface area contributed by atoms with E-state index in [-0.39, 0.29) is 36.9 Å². The highest BCUT2D eigenvalue weighted by Gasteiger charge is 2.29. The predicted octanol–water partition coefficient (Wildman–Crippen LogP) is 3.04. The lowest BCUT2D eigenvalue weighted by molar-refractivity contribution is -0.138. The smallest absolute Gasteiger partial charge is 0.317 e. The third kappa shape index (κ3) is 6.19. The van der Waals surface area contributed by atoms with Crippen molar-refractivity contribution in [3.8, 4) is 0 Å². The Morgan fingerprint density at radius 1 is 1.21 bits per heavy atom. The second-order valence-corrected chi connectivity index (χ2v) is 7.40. The number of carboxylic acids is 1. The molecule has 0 bridgehead atoms. The van der Waals surface area contributed by atoms with Crippen molar-refractivity contribution < 1.29 is 14.7 Å². The van der Waals surface area contributed by atoms with Gasteiger partial charge in [0.1, 0.15) is 0 Å². The van der Waals surface area contributed by atoms with Crippen LogP contribution in [0.15, 0.2) is 18.2 Å². The summed E-state index contributed by atoms with van der Waals surface area (Å²) in [7, 11) is 1.86. The number of aryl methyl sites for hydroxylation is 2. The van der Waals surface area contributed by atoms with E-state index in [1.54, 1.807) is 0 Å². The van der Waals surface area contributed by atoms with Gasteiger partial charge in [0.2, 0.25) is 5.91 Å². The Labute approximate surface area is 174 Å². The summed E-state index contributed by atoms with van der Waals surface area (Å²) < 4.78 is 0. The maximum atomic E-state index is 12.9. The minimum absolute atomic E-state index is 0. The van der Waals surface area contributed by atoms with Crippen LogP contribution in [0.25, 0.3) is 0 Å². The summed E-state index contributed by atoms with van der Waals surface area (Å²) in [6.07, 6.45) is 3.54. The monoisotopic (exact) mass is 411 g/mol. The summed E-state index contributed by atoms with van der Waals surface area (Å²) in [6, 6.07) is 6.26. The zero-order chi connectivity index (χ0) is 20.0. The van der Waals surface area contributed by atoms with Gasteiger partial charge in [0.05, 0.1) is 12.6 Å². The second kappa shape index (κ2) is 11.4. The van der Waals surface area contributed by atoms with Gasteiger partial charge < -0.3 is 10.4 Å². The Kier molecular flexibility index (Phi) is 9.93. The minimum Gasteiger partial charge on any atom is -0.480 e. The molecule has 0 radical (unpaired) electrons. The molecule has 7 heteroatoms. The number of halogens is 1. The van der Waals surface area contributed by atoms with Crippen LogP contribution >= 0.6 is 12.4 Å². The summed E-state index contributed by atoms with van der Waals surface area (Å²) in [5.74, 6) is -0.767. The number of benzene rings is 1. The number of para-hydroxylation sites is 1. The first kappa shape index (κ1) is 24.4. The number of amides is 1. The zero-order valence-corrected chi connectivity index (χ0v) is 18.2. The summed E-state index contributed by atoms with van der Waals surface area (Å²) in [6.45, 7) is 7.84. The van der Waals surface area contributed by atoms with Gasteiger partial charge in [-0.15, -0.1) is 12.4 Å². The topological polar surface area (TPSA) is 72.9 Å². The fourth-order valence-electron chi connectivity index (χ4n) is 3.85. The normalized spacial score (nSPS) is 16.5. The molecule has 1 aliphatic heterocycles. The minimum atomic E-state index is -0.797. The molecule has 28 heavy (non-hydrogen) atoms. The van der Waals surface area contributed by atoms with Crippen molar-refractivity contribution in [3.63, 3.8) is 0 Å². The molecule has 1 saturated heterocycles. The number of hydrogen-bond donors (Lipinski definition) is 2. The highest BCUT2D eigenvalue weighted by atomic mass is 35.5. The van der Waals surface area contributed by atoms with Gasteiger partial charge in [-0.05, 0) is 50.8 Å². The Bertz CT molecular complexity index is 638. The molecule has 2 rings (SSSR count). The first-order chi connectivity index (χ1) is 12.9. The number of likely N-dealkylation sites (N-methyl/N-ethyl adjacent to an activating group) is 1. The van der Waals surface area contributed by atoms with Crippen LogP contribution in [0.2, 0.25) is 0 Å². The van der Waals surface area contributed by atoms with Gasteiger partial charge >= 0.3 is 5.97 Å². The number of nitrogens with zero attached hydrogens (tertiary/aromatic N) is 2. The summed E-state index contributed by atoms with van der Waals surface area (Å²) >= 11 is 0. The van der Waals surface area contributed by atoms with E-state index in [1.165, 1.54) is 11.1 Å². The number of hydrogen-bond acceptors (Lipinski definition) is 4. The lowest BCUT2D eigenvalue weighted by Gasteiger charge is -2.38. The number of nitrogens with one attached hydrogen (secondary N) is 1. The zero-order valence-electron chi connectivity index (χ0n) is 17.4. The van der Waals surface area contributed by atoms with Gasteiger partial charge in [0, 0.05) is 24.8 Å². The van der Waals surface area contributed by atoms with E-state index in [0.29, 0.717) is 0 Å². The van der Waals surface area contributed by atoms with Crippen molar-refractivity contribution in [1.82, 2.24) is 9.80 Å². The molecule has 1 aromatic carbocycles. The van der Waals surface area contributed by atoms with Crippen LogP contribution in [0.4, 0.5) is 5.69 Å². The highest BCUT2D eigenvalue weighted by Crippen LogP contribution is 2.24. The van der Waals surface area contributed by atoms with Gasteiger partial charge in [0.15, 0.2) is 0 Å². The van der Waals surface area contributed by atoms with Crippen molar-refractivity contribution in [2.45, 2.75) is 58.5 Å².